The van der Waals surface area contributed by atoms with E-state index < -0.39 is 0 Å². The van der Waals surface area contributed by atoms with E-state index in [9.17, 15) is 0 Å². The van der Waals surface area contributed by atoms with Crippen molar-refractivity contribution in [3.8, 4) is 0 Å². The van der Waals surface area contributed by atoms with Crippen molar-refractivity contribution >= 4 is 16.5 Å². The minimum absolute atomic E-state index is 0.835. The summed E-state index contributed by atoms with van der Waals surface area (Å²) < 4.78 is 0. The summed E-state index contributed by atoms with van der Waals surface area (Å²) in [6.45, 7) is 7.77. The molecule has 0 saturated carbocycles. The zero-order chi connectivity index (χ0) is 15.4. The minimum Gasteiger partial charge on any atom is -0.363 e. The average molecular weight is 287 g/mol. The van der Waals surface area contributed by atoms with Crippen molar-refractivity contribution in [2.45, 2.75) is 13.5 Å². The normalized spacial score (nSPS) is 10.6. The van der Waals surface area contributed by atoms with Crippen molar-refractivity contribution < 1.29 is 0 Å². The molecule has 0 spiro atoms. The quantitative estimate of drug-likeness (QED) is 0.572. The van der Waals surface area contributed by atoms with Crippen molar-refractivity contribution in [1.82, 2.24) is 0 Å². The first-order valence-corrected chi connectivity index (χ1v) is 7.67. The van der Waals surface area contributed by atoms with Gasteiger partial charge in [0, 0.05) is 24.2 Å². The van der Waals surface area contributed by atoms with Gasteiger partial charge < -0.3 is 4.90 Å². The highest BCUT2D eigenvalue weighted by atomic mass is 15.1. The third-order valence-electron chi connectivity index (χ3n) is 3.95. The largest absolute Gasteiger partial charge is 0.363 e. The zero-order valence-electron chi connectivity index (χ0n) is 13.0. The molecule has 1 nitrogen and oxygen atoms in total. The number of aryl methyl sites for hydroxylation is 1. The van der Waals surface area contributed by atoms with Gasteiger partial charge in [-0.3, -0.25) is 0 Å². The van der Waals surface area contributed by atoms with Gasteiger partial charge in [0.1, 0.15) is 0 Å². The number of hydrogen-bond acceptors (Lipinski definition) is 1. The van der Waals surface area contributed by atoms with Crippen LogP contribution < -0.4 is 4.90 Å². The van der Waals surface area contributed by atoms with Gasteiger partial charge in [-0.2, -0.15) is 0 Å². The van der Waals surface area contributed by atoms with Crippen LogP contribution in [0.2, 0.25) is 0 Å². The van der Waals surface area contributed by atoms with Gasteiger partial charge >= 0.3 is 0 Å². The summed E-state index contributed by atoms with van der Waals surface area (Å²) in [7, 11) is 0. The van der Waals surface area contributed by atoms with E-state index in [0.29, 0.717) is 0 Å². The van der Waals surface area contributed by atoms with Crippen LogP contribution in [-0.4, -0.2) is 6.54 Å². The van der Waals surface area contributed by atoms with Crippen LogP contribution in [0.1, 0.15) is 11.1 Å². The van der Waals surface area contributed by atoms with Crippen LogP contribution in [0.5, 0.6) is 0 Å². The van der Waals surface area contributed by atoms with Crippen LogP contribution in [0, 0.1) is 6.92 Å². The Kier molecular flexibility index (Phi) is 4.24. The molecule has 22 heavy (non-hydrogen) atoms. The first-order chi connectivity index (χ1) is 10.8. The summed E-state index contributed by atoms with van der Waals surface area (Å²) in [4.78, 5) is 2.38. The van der Waals surface area contributed by atoms with Crippen LogP contribution in [0.3, 0.4) is 0 Å². The van der Waals surface area contributed by atoms with Gasteiger partial charge in [0.05, 0.1) is 0 Å². The summed E-state index contributed by atoms with van der Waals surface area (Å²) in [5.41, 5.74) is 3.88. The second-order valence-electron chi connectivity index (χ2n) is 5.65. The number of fused-ring (bicyclic) bond motifs is 1. The fourth-order valence-electron chi connectivity index (χ4n) is 2.80. The van der Waals surface area contributed by atoms with E-state index in [1.165, 1.54) is 27.6 Å². The SMILES string of the molecule is C=CCN(Cc1ccc(C)cc1)c1cccc2ccccc12. The van der Waals surface area contributed by atoms with E-state index in [-0.39, 0.29) is 0 Å². The molecule has 0 N–H and O–H groups in total. The van der Waals surface area contributed by atoms with Gasteiger partial charge in [-0.15, -0.1) is 6.58 Å². The van der Waals surface area contributed by atoms with Crippen molar-refractivity contribution in [3.63, 3.8) is 0 Å². The Morgan fingerprint density at radius 3 is 2.41 bits per heavy atom. The lowest BCUT2D eigenvalue weighted by Crippen LogP contribution is -2.22. The summed E-state index contributed by atoms with van der Waals surface area (Å²) in [6.07, 6.45) is 1.97. The molecule has 0 saturated heterocycles. The summed E-state index contributed by atoms with van der Waals surface area (Å²) in [5.74, 6) is 0. The molecular formula is C21H21N. The molecule has 0 amide bonds. The Balaban J connectivity index is 1.99. The molecule has 0 aromatic heterocycles. The van der Waals surface area contributed by atoms with E-state index >= 15 is 0 Å². The monoisotopic (exact) mass is 287 g/mol. The molecule has 0 heterocycles. The Morgan fingerprint density at radius 2 is 1.64 bits per heavy atom. The van der Waals surface area contributed by atoms with Gasteiger partial charge in [0.15, 0.2) is 0 Å². The summed E-state index contributed by atoms with van der Waals surface area (Å²) in [6, 6.07) is 23.8. The lowest BCUT2D eigenvalue weighted by Gasteiger charge is -2.25. The predicted molar refractivity (Wildman–Crippen MR) is 96.4 cm³/mol. The maximum absolute atomic E-state index is 3.92. The van der Waals surface area contributed by atoms with Crippen LogP contribution in [0.25, 0.3) is 10.8 Å². The first kappa shape index (κ1) is 14.4. The van der Waals surface area contributed by atoms with Crippen molar-refractivity contribution in [3.05, 3.63) is 90.5 Å². The third-order valence-corrected chi connectivity index (χ3v) is 3.95. The van der Waals surface area contributed by atoms with Crippen molar-refractivity contribution in [2.24, 2.45) is 0 Å². The molecule has 0 atom stereocenters. The van der Waals surface area contributed by atoms with E-state index in [1.54, 1.807) is 0 Å². The smallest absolute Gasteiger partial charge is 0.0451 e. The Bertz CT molecular complexity index is 766. The van der Waals surface area contributed by atoms with Crippen molar-refractivity contribution in [1.29, 1.82) is 0 Å². The van der Waals surface area contributed by atoms with E-state index in [2.05, 4.69) is 85.1 Å². The lowest BCUT2D eigenvalue weighted by molar-refractivity contribution is 0.872. The molecule has 3 aromatic rings. The first-order valence-electron chi connectivity index (χ1n) is 7.67. The van der Waals surface area contributed by atoms with E-state index in [4.69, 9.17) is 0 Å². The fraction of sp³-hybridized carbons (Fsp3) is 0.143. The Morgan fingerprint density at radius 1 is 0.909 bits per heavy atom. The molecule has 0 aliphatic carbocycles. The molecular weight excluding hydrogens is 266 g/mol. The number of hydrogen-bond donors (Lipinski definition) is 0. The topological polar surface area (TPSA) is 3.24 Å². The average Bonchev–Trinajstić information content (AvgIpc) is 2.56. The predicted octanol–water partition coefficient (Wildman–Crippen LogP) is 5.34. The van der Waals surface area contributed by atoms with E-state index in [0.717, 1.165) is 13.1 Å². The highest BCUT2D eigenvalue weighted by Crippen LogP contribution is 2.27. The number of rotatable bonds is 5. The van der Waals surface area contributed by atoms with E-state index in [1.807, 2.05) is 6.08 Å². The molecule has 0 unspecified atom stereocenters. The van der Waals surface area contributed by atoms with Gasteiger partial charge in [-0.1, -0.05) is 72.3 Å². The second kappa shape index (κ2) is 6.48. The van der Waals surface area contributed by atoms with Crippen LogP contribution in [-0.2, 0) is 6.54 Å². The van der Waals surface area contributed by atoms with Crippen molar-refractivity contribution in [2.75, 3.05) is 11.4 Å². The number of nitrogens with zero attached hydrogens (tertiary/aromatic N) is 1. The second-order valence-corrected chi connectivity index (χ2v) is 5.65. The standard InChI is InChI=1S/C21H21N/c1-3-15-22(16-18-13-11-17(2)12-14-18)21-10-6-8-19-7-4-5-9-20(19)21/h3-14H,1,15-16H2,2H3. The van der Waals surface area contributed by atoms with Gasteiger partial charge in [0.2, 0.25) is 0 Å². The zero-order valence-corrected chi connectivity index (χ0v) is 13.0. The molecule has 0 radical (unpaired) electrons. The third kappa shape index (κ3) is 3.04. The molecule has 0 aliphatic rings. The molecule has 3 aromatic carbocycles. The summed E-state index contributed by atoms with van der Waals surface area (Å²) >= 11 is 0. The highest BCUT2D eigenvalue weighted by Gasteiger charge is 2.09. The van der Waals surface area contributed by atoms with Crippen LogP contribution in [0.15, 0.2) is 79.4 Å². The molecule has 0 bridgehead atoms. The summed E-state index contributed by atoms with van der Waals surface area (Å²) in [5, 5.41) is 2.57. The van der Waals surface area contributed by atoms with Gasteiger partial charge in [-0.25, -0.2) is 0 Å². The number of anilines is 1. The van der Waals surface area contributed by atoms with Gasteiger partial charge in [-0.05, 0) is 23.9 Å². The maximum atomic E-state index is 3.92. The molecule has 3 rings (SSSR count). The lowest BCUT2D eigenvalue weighted by atomic mass is 10.1. The van der Waals surface area contributed by atoms with Crippen LogP contribution in [0.4, 0.5) is 5.69 Å². The number of benzene rings is 3. The van der Waals surface area contributed by atoms with Crippen LogP contribution >= 0.6 is 0 Å². The molecule has 1 heteroatoms. The molecule has 110 valence electrons. The highest BCUT2D eigenvalue weighted by molar-refractivity contribution is 5.94. The van der Waals surface area contributed by atoms with Gasteiger partial charge in [0.25, 0.3) is 0 Å². The Labute approximate surface area is 132 Å². The molecule has 0 fully saturated rings. The Hall–Kier alpha value is -2.54. The fourth-order valence-corrected chi connectivity index (χ4v) is 2.80. The minimum atomic E-state index is 0.835. The molecule has 0 aliphatic heterocycles. The maximum Gasteiger partial charge on any atom is 0.0451 e.